The zero-order valence-electron chi connectivity index (χ0n) is 4.96. The molecule has 0 aromatic heterocycles. The zero-order valence-corrected chi connectivity index (χ0v) is 4.96. The Bertz CT molecular complexity index is 210. The van der Waals surface area contributed by atoms with Gasteiger partial charge >= 0.3 is 0 Å². The highest BCUT2D eigenvalue weighted by atomic mass is 14.7. The minimum absolute atomic E-state index is 0.573. The lowest BCUT2D eigenvalue weighted by Gasteiger charge is -2.03. The van der Waals surface area contributed by atoms with E-state index in [0.29, 0.717) is 12.1 Å². The largest absolute Gasteiger partial charge is 0.251 e. The molecule has 0 fully saturated rings. The number of allylic oxidation sites excluding steroid dienone is 1. The van der Waals surface area contributed by atoms with Gasteiger partial charge in [-0.1, -0.05) is 5.47 Å². The molecule has 9 heavy (non-hydrogen) atoms. The van der Waals surface area contributed by atoms with Crippen molar-refractivity contribution in [3.05, 3.63) is 11.7 Å². The summed E-state index contributed by atoms with van der Waals surface area (Å²) in [6, 6.07) is 1.97. The lowest BCUT2D eigenvalue weighted by atomic mass is 9.90. The van der Waals surface area contributed by atoms with Crippen molar-refractivity contribution in [3.8, 4) is 6.07 Å². The number of hydrogen-bond donors (Lipinski definition) is 0. The molecule has 0 aliphatic carbocycles. The fourth-order valence-electron chi connectivity index (χ4n) is 0.637. The summed E-state index contributed by atoms with van der Waals surface area (Å²) in [5, 5.41) is 8.33. The van der Waals surface area contributed by atoms with Gasteiger partial charge in [-0.3, -0.25) is 4.99 Å². The molecule has 0 aromatic carbocycles. The average molecular weight is 116 g/mol. The molecule has 0 spiro atoms. The summed E-state index contributed by atoms with van der Waals surface area (Å²) in [6.45, 7) is 0. The third-order valence-electron chi connectivity index (χ3n) is 1.17. The minimum atomic E-state index is 0.573. The molecule has 0 unspecified atom stereocenters. The van der Waals surface area contributed by atoms with Crippen LogP contribution in [0.3, 0.4) is 0 Å². The number of hydrogen-bond acceptors (Lipinski definition) is 2. The Hall–Kier alpha value is -1.04. The van der Waals surface area contributed by atoms with Crippen LogP contribution in [-0.2, 0) is 0 Å². The van der Waals surface area contributed by atoms with E-state index in [9.17, 15) is 0 Å². The van der Waals surface area contributed by atoms with Gasteiger partial charge in [-0.05, 0) is 6.42 Å². The standard InChI is InChI=1S/C6H5BN2/c7-5-1-2-6(3-8)9-4-5/h4H,1-2H2. The lowest BCUT2D eigenvalue weighted by Crippen LogP contribution is -1.99. The topological polar surface area (TPSA) is 36.1 Å². The maximum Gasteiger partial charge on any atom is 0.117 e. The Morgan fingerprint density at radius 3 is 2.89 bits per heavy atom. The molecular formula is C6H5BN2. The average Bonchev–Trinajstić information content (AvgIpc) is 1.90. The number of rotatable bonds is 0. The summed E-state index contributed by atoms with van der Waals surface area (Å²) in [5.41, 5.74) is 1.33. The third kappa shape index (κ3) is 1.43. The van der Waals surface area contributed by atoms with Crippen LogP contribution < -0.4 is 0 Å². The van der Waals surface area contributed by atoms with Gasteiger partial charge in [-0.2, -0.15) is 5.26 Å². The normalized spacial score (nSPS) is 17.7. The maximum atomic E-state index is 8.33. The molecule has 1 aliphatic rings. The number of nitrogens with zero attached hydrogens (tertiary/aromatic N) is 2. The second kappa shape index (κ2) is 2.50. The van der Waals surface area contributed by atoms with Crippen LogP contribution in [0.2, 0.25) is 0 Å². The van der Waals surface area contributed by atoms with Crippen LogP contribution in [0.4, 0.5) is 0 Å². The van der Waals surface area contributed by atoms with Crippen LogP contribution in [0.25, 0.3) is 0 Å². The number of nitriles is 1. The molecule has 0 saturated heterocycles. The molecule has 1 heterocycles. The second-order valence-corrected chi connectivity index (χ2v) is 1.89. The van der Waals surface area contributed by atoms with Gasteiger partial charge in [0, 0.05) is 12.6 Å². The van der Waals surface area contributed by atoms with Crippen molar-refractivity contribution in [1.29, 1.82) is 5.26 Å². The Morgan fingerprint density at radius 1 is 1.67 bits per heavy atom. The van der Waals surface area contributed by atoms with Crippen LogP contribution in [0.15, 0.2) is 16.7 Å². The van der Waals surface area contributed by atoms with E-state index in [1.54, 1.807) is 6.20 Å². The van der Waals surface area contributed by atoms with Gasteiger partial charge in [0.15, 0.2) is 0 Å². The molecule has 0 saturated carbocycles. The van der Waals surface area contributed by atoms with E-state index in [0.717, 1.165) is 11.9 Å². The van der Waals surface area contributed by atoms with Gasteiger partial charge in [0.05, 0.1) is 0 Å². The first-order valence-electron chi connectivity index (χ1n) is 2.74. The molecule has 0 amide bonds. The van der Waals surface area contributed by atoms with Crippen LogP contribution in [0.5, 0.6) is 0 Å². The van der Waals surface area contributed by atoms with Gasteiger partial charge in [0.1, 0.15) is 19.6 Å². The summed E-state index contributed by atoms with van der Waals surface area (Å²) in [7, 11) is 5.40. The first-order chi connectivity index (χ1) is 4.33. The van der Waals surface area contributed by atoms with E-state index in [1.165, 1.54) is 0 Å². The minimum Gasteiger partial charge on any atom is -0.251 e. The van der Waals surface area contributed by atoms with E-state index in [-0.39, 0.29) is 0 Å². The molecule has 3 heteroatoms. The van der Waals surface area contributed by atoms with Crippen LogP contribution >= 0.6 is 0 Å². The Kier molecular flexibility index (Phi) is 1.69. The van der Waals surface area contributed by atoms with Crippen molar-refractivity contribution in [2.75, 3.05) is 0 Å². The van der Waals surface area contributed by atoms with Crippen molar-refractivity contribution < 1.29 is 0 Å². The van der Waals surface area contributed by atoms with E-state index in [2.05, 4.69) is 4.99 Å². The van der Waals surface area contributed by atoms with E-state index in [4.69, 9.17) is 13.1 Å². The summed E-state index contributed by atoms with van der Waals surface area (Å²) >= 11 is 0. The predicted octanol–water partition coefficient (Wildman–Crippen LogP) is 0.755. The molecule has 0 N–H and O–H groups in total. The highest BCUT2D eigenvalue weighted by molar-refractivity contribution is 6.22. The molecule has 0 aromatic rings. The maximum absolute atomic E-state index is 8.33. The molecular weight excluding hydrogens is 111 g/mol. The molecule has 2 radical (unpaired) electrons. The summed E-state index contributed by atoms with van der Waals surface area (Å²) in [6.07, 6.45) is 3.01. The molecule has 2 nitrogen and oxygen atoms in total. The Labute approximate surface area is 55.3 Å². The van der Waals surface area contributed by atoms with Gasteiger partial charge in [-0.15, -0.1) is 0 Å². The van der Waals surface area contributed by atoms with Gasteiger partial charge in [0.2, 0.25) is 0 Å². The molecule has 0 atom stereocenters. The van der Waals surface area contributed by atoms with Crippen LogP contribution in [-0.4, -0.2) is 13.6 Å². The molecule has 42 valence electrons. The first-order valence-corrected chi connectivity index (χ1v) is 2.74. The highest BCUT2D eigenvalue weighted by Gasteiger charge is 2.01. The van der Waals surface area contributed by atoms with E-state index >= 15 is 0 Å². The van der Waals surface area contributed by atoms with E-state index < -0.39 is 0 Å². The summed E-state index contributed by atoms with van der Waals surface area (Å²) in [5.74, 6) is 0. The smallest absolute Gasteiger partial charge is 0.117 e. The SMILES string of the molecule is [B]C1=CN=C(C#N)CC1. The summed E-state index contributed by atoms with van der Waals surface area (Å²) in [4.78, 5) is 3.80. The fourth-order valence-corrected chi connectivity index (χ4v) is 0.637. The van der Waals surface area contributed by atoms with Gasteiger partial charge < -0.3 is 0 Å². The van der Waals surface area contributed by atoms with Gasteiger partial charge in [-0.25, -0.2) is 0 Å². The molecule has 1 rings (SSSR count). The Balaban J connectivity index is 2.73. The van der Waals surface area contributed by atoms with Crippen LogP contribution in [0, 0.1) is 11.3 Å². The van der Waals surface area contributed by atoms with Crippen molar-refractivity contribution >= 4 is 13.6 Å². The third-order valence-corrected chi connectivity index (χ3v) is 1.17. The highest BCUT2D eigenvalue weighted by Crippen LogP contribution is 2.07. The monoisotopic (exact) mass is 116 g/mol. The van der Waals surface area contributed by atoms with Crippen LogP contribution in [0.1, 0.15) is 12.8 Å². The molecule has 1 aliphatic heterocycles. The van der Waals surface area contributed by atoms with Crippen molar-refractivity contribution in [2.24, 2.45) is 4.99 Å². The predicted molar refractivity (Wildman–Crippen MR) is 36.1 cm³/mol. The summed E-state index contributed by atoms with van der Waals surface area (Å²) < 4.78 is 0. The Morgan fingerprint density at radius 2 is 2.44 bits per heavy atom. The van der Waals surface area contributed by atoms with E-state index in [1.807, 2.05) is 6.07 Å². The van der Waals surface area contributed by atoms with Crippen molar-refractivity contribution in [3.63, 3.8) is 0 Å². The second-order valence-electron chi connectivity index (χ2n) is 1.89. The first kappa shape index (κ1) is 6.09. The fraction of sp³-hybridized carbons (Fsp3) is 0.333. The lowest BCUT2D eigenvalue weighted by molar-refractivity contribution is 1.04. The zero-order chi connectivity index (χ0) is 6.69. The van der Waals surface area contributed by atoms with Gasteiger partial charge in [0.25, 0.3) is 0 Å². The molecule has 0 bridgehead atoms. The quantitative estimate of drug-likeness (QED) is 0.430. The van der Waals surface area contributed by atoms with Crippen molar-refractivity contribution in [2.45, 2.75) is 12.8 Å². The number of aliphatic imine (C=N–C) groups is 1. The van der Waals surface area contributed by atoms with Crippen molar-refractivity contribution in [1.82, 2.24) is 0 Å².